The van der Waals surface area contributed by atoms with Crippen LogP contribution in [-0.4, -0.2) is 43.1 Å². The summed E-state index contributed by atoms with van der Waals surface area (Å²) < 4.78 is 5.39. The number of nitrogens with zero attached hydrogens (tertiary/aromatic N) is 1. The molecule has 21 heavy (non-hydrogen) atoms. The normalized spacial score (nSPS) is 16.7. The molecule has 0 spiro atoms. The van der Waals surface area contributed by atoms with Crippen LogP contribution in [0.2, 0.25) is 0 Å². The van der Waals surface area contributed by atoms with E-state index in [2.05, 4.69) is 17.1 Å². The number of ether oxygens (including phenoxy) is 1. The second-order valence-electron chi connectivity index (χ2n) is 5.55. The Bertz CT molecular complexity index is 437. The first-order valence-electron chi connectivity index (χ1n) is 7.99. The van der Waals surface area contributed by atoms with Crippen LogP contribution in [0.5, 0.6) is 5.75 Å². The van der Waals surface area contributed by atoms with Crippen LogP contribution in [0.4, 0.5) is 0 Å². The molecule has 4 nitrogen and oxygen atoms in total. The van der Waals surface area contributed by atoms with Crippen LogP contribution in [0.3, 0.4) is 0 Å². The molecule has 0 aliphatic carbocycles. The van der Waals surface area contributed by atoms with Crippen LogP contribution in [0.15, 0.2) is 24.3 Å². The standard InChI is InChI=1S/C17H26N2O2/c1-3-11-19-12-9-15(10-13-19)18-17(20)14-5-7-16(8-6-14)21-4-2/h5-8,15H,3-4,9-13H2,1-2H3,(H,18,20). The summed E-state index contributed by atoms with van der Waals surface area (Å²) >= 11 is 0. The first kappa shape index (κ1) is 15.8. The van der Waals surface area contributed by atoms with Gasteiger partial charge in [-0.2, -0.15) is 0 Å². The molecular weight excluding hydrogens is 264 g/mol. The Kier molecular flexibility index (Phi) is 6.05. The van der Waals surface area contributed by atoms with Crippen LogP contribution in [0.25, 0.3) is 0 Å². The third kappa shape index (κ3) is 4.74. The summed E-state index contributed by atoms with van der Waals surface area (Å²) in [6.07, 6.45) is 3.29. The van der Waals surface area contributed by atoms with Crippen molar-refractivity contribution in [2.75, 3.05) is 26.2 Å². The summed E-state index contributed by atoms with van der Waals surface area (Å²) in [7, 11) is 0. The lowest BCUT2D eigenvalue weighted by atomic mass is 10.0. The third-order valence-corrected chi connectivity index (χ3v) is 3.89. The van der Waals surface area contributed by atoms with Crippen molar-refractivity contribution in [1.29, 1.82) is 0 Å². The SMILES string of the molecule is CCCN1CCC(NC(=O)c2ccc(OCC)cc2)CC1. The second kappa shape index (κ2) is 8.03. The molecule has 0 saturated carbocycles. The minimum absolute atomic E-state index is 0.0204. The predicted molar refractivity (Wildman–Crippen MR) is 84.8 cm³/mol. The zero-order valence-electron chi connectivity index (χ0n) is 13.1. The molecule has 1 heterocycles. The minimum atomic E-state index is 0.0204. The molecule has 4 heteroatoms. The highest BCUT2D eigenvalue weighted by Crippen LogP contribution is 2.14. The molecule has 0 atom stereocenters. The molecular formula is C17H26N2O2. The first-order chi connectivity index (χ1) is 10.2. The van der Waals surface area contributed by atoms with E-state index in [0.29, 0.717) is 18.2 Å². The topological polar surface area (TPSA) is 41.6 Å². The maximum absolute atomic E-state index is 12.2. The fraction of sp³-hybridized carbons (Fsp3) is 0.588. The van der Waals surface area contributed by atoms with Crippen LogP contribution in [0.1, 0.15) is 43.5 Å². The summed E-state index contributed by atoms with van der Waals surface area (Å²) in [4.78, 5) is 14.7. The third-order valence-electron chi connectivity index (χ3n) is 3.89. The Morgan fingerprint density at radius 1 is 1.24 bits per heavy atom. The molecule has 1 amide bonds. The zero-order valence-corrected chi connectivity index (χ0v) is 13.1. The van der Waals surface area contributed by atoms with Crippen LogP contribution < -0.4 is 10.1 Å². The molecule has 0 bridgehead atoms. The lowest BCUT2D eigenvalue weighted by Crippen LogP contribution is -2.44. The summed E-state index contributed by atoms with van der Waals surface area (Å²) in [6.45, 7) is 8.14. The number of rotatable bonds is 6. The van der Waals surface area contributed by atoms with Crippen molar-refractivity contribution < 1.29 is 9.53 Å². The van der Waals surface area contributed by atoms with E-state index in [1.165, 1.54) is 13.0 Å². The summed E-state index contributed by atoms with van der Waals surface area (Å²) in [5, 5.41) is 3.14. The Balaban J connectivity index is 1.81. The van der Waals surface area contributed by atoms with Gasteiger partial charge in [-0.25, -0.2) is 0 Å². The smallest absolute Gasteiger partial charge is 0.251 e. The summed E-state index contributed by atoms with van der Waals surface area (Å²) in [5.74, 6) is 0.828. The number of hydrogen-bond donors (Lipinski definition) is 1. The van der Waals surface area contributed by atoms with E-state index in [1.54, 1.807) is 0 Å². The molecule has 0 radical (unpaired) electrons. The number of piperidine rings is 1. The van der Waals surface area contributed by atoms with Gasteiger partial charge in [0.25, 0.3) is 5.91 Å². The molecule has 2 rings (SSSR count). The van der Waals surface area contributed by atoms with Gasteiger partial charge < -0.3 is 15.0 Å². The number of hydrogen-bond acceptors (Lipinski definition) is 3. The average Bonchev–Trinajstić information content (AvgIpc) is 2.50. The molecule has 1 N–H and O–H groups in total. The molecule has 116 valence electrons. The van der Waals surface area contributed by atoms with Gasteiger partial charge >= 0.3 is 0 Å². The molecule has 0 unspecified atom stereocenters. The Morgan fingerprint density at radius 3 is 2.48 bits per heavy atom. The van der Waals surface area contributed by atoms with Crippen molar-refractivity contribution in [2.24, 2.45) is 0 Å². The van der Waals surface area contributed by atoms with Crippen molar-refractivity contribution in [1.82, 2.24) is 10.2 Å². The molecule has 1 aromatic rings. The Hall–Kier alpha value is -1.55. The van der Waals surface area contributed by atoms with Gasteiger partial charge in [0.1, 0.15) is 5.75 Å². The number of nitrogens with one attached hydrogen (secondary N) is 1. The summed E-state index contributed by atoms with van der Waals surface area (Å²) in [6, 6.07) is 7.65. The molecule has 1 aliphatic heterocycles. The Labute approximate surface area is 127 Å². The highest BCUT2D eigenvalue weighted by atomic mass is 16.5. The summed E-state index contributed by atoms with van der Waals surface area (Å²) in [5.41, 5.74) is 0.703. The molecule has 1 fully saturated rings. The van der Waals surface area contributed by atoms with Crippen molar-refractivity contribution in [3.63, 3.8) is 0 Å². The Morgan fingerprint density at radius 2 is 1.90 bits per heavy atom. The van der Waals surface area contributed by atoms with Gasteiger partial charge in [-0.15, -0.1) is 0 Å². The van der Waals surface area contributed by atoms with E-state index in [9.17, 15) is 4.79 Å². The zero-order chi connectivity index (χ0) is 15.1. The monoisotopic (exact) mass is 290 g/mol. The van der Waals surface area contributed by atoms with Crippen molar-refractivity contribution in [3.05, 3.63) is 29.8 Å². The van der Waals surface area contributed by atoms with E-state index in [-0.39, 0.29) is 5.91 Å². The lowest BCUT2D eigenvalue weighted by Gasteiger charge is -2.32. The van der Waals surface area contributed by atoms with Gasteiger partial charge in [0.05, 0.1) is 6.61 Å². The van der Waals surface area contributed by atoms with Gasteiger partial charge in [0.15, 0.2) is 0 Å². The van der Waals surface area contributed by atoms with E-state index < -0.39 is 0 Å². The number of amides is 1. The van der Waals surface area contributed by atoms with Gasteiger partial charge in [-0.1, -0.05) is 6.92 Å². The van der Waals surface area contributed by atoms with E-state index in [1.807, 2.05) is 31.2 Å². The van der Waals surface area contributed by atoms with E-state index in [0.717, 1.165) is 31.7 Å². The number of likely N-dealkylation sites (tertiary alicyclic amines) is 1. The fourth-order valence-electron chi connectivity index (χ4n) is 2.76. The quantitative estimate of drug-likeness (QED) is 0.876. The maximum Gasteiger partial charge on any atom is 0.251 e. The van der Waals surface area contributed by atoms with Crippen molar-refractivity contribution in [2.45, 2.75) is 39.2 Å². The molecule has 1 saturated heterocycles. The van der Waals surface area contributed by atoms with Gasteiger partial charge in [0, 0.05) is 24.7 Å². The lowest BCUT2D eigenvalue weighted by molar-refractivity contribution is 0.0911. The minimum Gasteiger partial charge on any atom is -0.494 e. The largest absolute Gasteiger partial charge is 0.494 e. The number of carbonyl (C=O) groups is 1. The predicted octanol–water partition coefficient (Wildman–Crippen LogP) is 2.69. The molecule has 0 aromatic heterocycles. The highest BCUT2D eigenvalue weighted by Gasteiger charge is 2.20. The number of carbonyl (C=O) groups excluding carboxylic acids is 1. The van der Waals surface area contributed by atoms with Gasteiger partial charge in [-0.05, 0) is 57.0 Å². The average molecular weight is 290 g/mol. The van der Waals surface area contributed by atoms with Gasteiger partial charge in [-0.3, -0.25) is 4.79 Å². The first-order valence-corrected chi connectivity index (χ1v) is 7.99. The van der Waals surface area contributed by atoms with Crippen LogP contribution >= 0.6 is 0 Å². The second-order valence-corrected chi connectivity index (χ2v) is 5.55. The van der Waals surface area contributed by atoms with E-state index >= 15 is 0 Å². The van der Waals surface area contributed by atoms with E-state index in [4.69, 9.17) is 4.74 Å². The van der Waals surface area contributed by atoms with Crippen molar-refractivity contribution in [3.8, 4) is 5.75 Å². The fourth-order valence-corrected chi connectivity index (χ4v) is 2.76. The maximum atomic E-state index is 12.2. The molecule has 1 aromatic carbocycles. The van der Waals surface area contributed by atoms with Gasteiger partial charge in [0.2, 0.25) is 0 Å². The highest BCUT2D eigenvalue weighted by molar-refractivity contribution is 5.94. The van der Waals surface area contributed by atoms with Crippen molar-refractivity contribution >= 4 is 5.91 Å². The molecule has 1 aliphatic rings. The van der Waals surface area contributed by atoms with Crippen LogP contribution in [0, 0.1) is 0 Å². The number of benzene rings is 1. The van der Waals surface area contributed by atoms with Crippen LogP contribution in [-0.2, 0) is 0 Å².